The van der Waals surface area contributed by atoms with Crippen LogP contribution < -0.4 is 24.4 Å². The summed E-state index contributed by atoms with van der Waals surface area (Å²) in [6.45, 7) is 6.40. The van der Waals surface area contributed by atoms with Gasteiger partial charge in [-0.05, 0) is 54.1 Å². The standard InChI is InChI=1S/C33H37N5O5S/c1-33(2,3)31-29-30(25-16-24(42-5)13-14-26(25)43-6)44-20-28(40)37(19-27(39)35-18-21-8-7-15-34-17-21)32(29)38(36-31)22-9-11-23(41-4)12-10-22/h7-17,30H,18-20H2,1-6H3,(H,35,39). The predicted octanol–water partition coefficient (Wildman–Crippen LogP) is 5.08. The Hall–Kier alpha value is -4.51. The number of pyridine rings is 1. The van der Waals surface area contributed by atoms with Crippen LogP contribution in [0, 0.1) is 0 Å². The molecule has 2 aromatic heterocycles. The third-order valence-electron chi connectivity index (χ3n) is 7.35. The molecular formula is C33H37N5O5S. The highest BCUT2D eigenvalue weighted by molar-refractivity contribution is 8.00. The molecule has 1 unspecified atom stereocenters. The summed E-state index contributed by atoms with van der Waals surface area (Å²) in [5.41, 5.74) is 3.69. The number of hydrogen-bond donors (Lipinski definition) is 1. The van der Waals surface area contributed by atoms with E-state index in [0.717, 1.165) is 28.1 Å². The first-order chi connectivity index (χ1) is 21.1. The van der Waals surface area contributed by atoms with Crippen LogP contribution in [-0.4, -0.2) is 60.2 Å². The number of anilines is 1. The van der Waals surface area contributed by atoms with Crippen molar-refractivity contribution in [2.24, 2.45) is 0 Å². The second-order valence-electron chi connectivity index (χ2n) is 11.4. The van der Waals surface area contributed by atoms with Crippen molar-refractivity contribution in [3.63, 3.8) is 0 Å². The molecule has 0 saturated carbocycles. The summed E-state index contributed by atoms with van der Waals surface area (Å²) in [7, 11) is 4.86. The number of nitrogens with zero attached hydrogens (tertiary/aromatic N) is 4. The fraction of sp³-hybridized carbons (Fsp3) is 0.333. The summed E-state index contributed by atoms with van der Waals surface area (Å²) in [6, 6.07) is 16.8. The molecule has 1 atom stereocenters. The van der Waals surface area contributed by atoms with Crippen LogP contribution in [0.1, 0.15) is 48.4 Å². The smallest absolute Gasteiger partial charge is 0.240 e. The molecule has 0 aliphatic carbocycles. The van der Waals surface area contributed by atoms with E-state index in [9.17, 15) is 9.59 Å². The van der Waals surface area contributed by atoms with Gasteiger partial charge in [-0.15, -0.1) is 11.8 Å². The molecule has 44 heavy (non-hydrogen) atoms. The van der Waals surface area contributed by atoms with E-state index < -0.39 is 5.41 Å². The molecule has 0 saturated heterocycles. The number of nitrogens with one attached hydrogen (secondary N) is 1. The number of methoxy groups -OCH3 is 3. The van der Waals surface area contributed by atoms with Crippen molar-refractivity contribution in [1.29, 1.82) is 0 Å². The van der Waals surface area contributed by atoms with Crippen molar-refractivity contribution in [1.82, 2.24) is 20.1 Å². The highest BCUT2D eigenvalue weighted by atomic mass is 32.2. The predicted molar refractivity (Wildman–Crippen MR) is 171 cm³/mol. The molecule has 0 bridgehead atoms. The molecule has 3 heterocycles. The van der Waals surface area contributed by atoms with E-state index in [2.05, 4.69) is 31.1 Å². The van der Waals surface area contributed by atoms with E-state index in [1.165, 1.54) is 11.8 Å². The van der Waals surface area contributed by atoms with E-state index in [-0.39, 0.29) is 29.4 Å². The Balaban J connectivity index is 1.69. The summed E-state index contributed by atoms with van der Waals surface area (Å²) in [5, 5.41) is 7.75. The molecule has 5 rings (SSSR count). The molecule has 1 aliphatic rings. The Morgan fingerprint density at radius 3 is 2.39 bits per heavy atom. The zero-order valence-electron chi connectivity index (χ0n) is 25.8. The minimum absolute atomic E-state index is 0.141. The minimum atomic E-state index is -0.408. The highest BCUT2D eigenvalue weighted by Crippen LogP contribution is 2.51. The van der Waals surface area contributed by atoms with Crippen LogP contribution in [0.15, 0.2) is 67.0 Å². The van der Waals surface area contributed by atoms with E-state index in [1.807, 2.05) is 54.6 Å². The second kappa shape index (κ2) is 13.0. The number of amides is 2. The minimum Gasteiger partial charge on any atom is -0.497 e. The lowest BCUT2D eigenvalue weighted by Gasteiger charge is -2.25. The van der Waals surface area contributed by atoms with E-state index in [1.54, 1.807) is 43.3 Å². The summed E-state index contributed by atoms with van der Waals surface area (Å²) in [6.07, 6.45) is 3.38. The molecule has 2 amide bonds. The summed E-state index contributed by atoms with van der Waals surface area (Å²) in [4.78, 5) is 33.1. The molecule has 4 aromatic rings. The van der Waals surface area contributed by atoms with Crippen molar-refractivity contribution >= 4 is 29.4 Å². The Labute approximate surface area is 261 Å². The number of hydrogen-bond acceptors (Lipinski definition) is 8. The molecule has 230 valence electrons. The summed E-state index contributed by atoms with van der Waals surface area (Å²) >= 11 is 1.48. The zero-order chi connectivity index (χ0) is 31.4. The van der Waals surface area contributed by atoms with Gasteiger partial charge in [0.2, 0.25) is 11.8 Å². The lowest BCUT2D eigenvalue weighted by molar-refractivity contribution is -0.123. The van der Waals surface area contributed by atoms with Crippen LogP contribution in [-0.2, 0) is 21.5 Å². The summed E-state index contributed by atoms with van der Waals surface area (Å²) < 4.78 is 18.6. The Morgan fingerprint density at radius 1 is 1.02 bits per heavy atom. The Morgan fingerprint density at radius 2 is 1.75 bits per heavy atom. The third-order valence-corrected chi connectivity index (χ3v) is 8.59. The molecule has 11 heteroatoms. The maximum Gasteiger partial charge on any atom is 0.240 e. The molecule has 1 aliphatic heterocycles. The summed E-state index contributed by atoms with van der Waals surface area (Å²) in [5.74, 6) is 2.22. The molecule has 0 fully saturated rings. The largest absolute Gasteiger partial charge is 0.497 e. The van der Waals surface area contributed by atoms with Gasteiger partial charge in [0.25, 0.3) is 0 Å². The average molecular weight is 616 g/mol. The van der Waals surface area contributed by atoms with Crippen LogP contribution in [0.5, 0.6) is 17.2 Å². The fourth-order valence-electron chi connectivity index (χ4n) is 5.17. The highest BCUT2D eigenvalue weighted by Gasteiger charge is 2.41. The van der Waals surface area contributed by atoms with E-state index in [4.69, 9.17) is 19.3 Å². The van der Waals surface area contributed by atoms with Gasteiger partial charge in [0.15, 0.2) is 0 Å². The fourth-order valence-corrected chi connectivity index (χ4v) is 6.38. The zero-order valence-corrected chi connectivity index (χ0v) is 26.6. The number of benzene rings is 2. The number of carbonyl (C=O) groups is 2. The van der Waals surface area contributed by atoms with E-state index in [0.29, 0.717) is 29.6 Å². The maximum atomic E-state index is 14.0. The SMILES string of the molecule is COc1ccc(-n2nc(C(C)(C)C)c3c2N(CC(=O)NCc2cccnc2)C(=O)CSC3c2cc(OC)ccc2OC)cc1. The van der Waals surface area contributed by atoms with Crippen molar-refractivity contribution in [3.8, 4) is 22.9 Å². The first-order valence-electron chi connectivity index (χ1n) is 14.2. The molecule has 0 spiro atoms. The van der Waals surface area contributed by atoms with Crippen molar-refractivity contribution in [3.05, 3.63) is 89.4 Å². The second-order valence-corrected chi connectivity index (χ2v) is 12.5. The first-order valence-corrected chi connectivity index (χ1v) is 15.3. The number of rotatable bonds is 9. The molecule has 1 N–H and O–H groups in total. The molecular weight excluding hydrogens is 578 g/mol. The van der Waals surface area contributed by atoms with Gasteiger partial charge in [-0.3, -0.25) is 19.5 Å². The van der Waals surface area contributed by atoms with Gasteiger partial charge in [-0.25, -0.2) is 4.68 Å². The number of carbonyl (C=O) groups excluding carboxylic acids is 2. The lowest BCUT2D eigenvalue weighted by atomic mass is 9.87. The van der Waals surface area contributed by atoms with Crippen LogP contribution in [0.4, 0.5) is 5.82 Å². The van der Waals surface area contributed by atoms with Crippen molar-refractivity contribution < 1.29 is 23.8 Å². The quantitative estimate of drug-likeness (QED) is 0.278. The molecule has 2 aromatic carbocycles. The Bertz CT molecular complexity index is 1630. The molecule has 0 radical (unpaired) electrons. The van der Waals surface area contributed by atoms with Crippen LogP contribution >= 0.6 is 11.8 Å². The van der Waals surface area contributed by atoms with Gasteiger partial charge < -0.3 is 19.5 Å². The van der Waals surface area contributed by atoms with Gasteiger partial charge in [0.1, 0.15) is 29.6 Å². The van der Waals surface area contributed by atoms with Crippen LogP contribution in [0.3, 0.4) is 0 Å². The van der Waals surface area contributed by atoms with Gasteiger partial charge in [-0.1, -0.05) is 26.8 Å². The van der Waals surface area contributed by atoms with Crippen molar-refractivity contribution in [2.75, 3.05) is 38.5 Å². The number of thioether (sulfide) groups is 1. The number of aromatic nitrogens is 3. The first kappa shape index (κ1) is 30.9. The lowest BCUT2D eigenvalue weighted by Crippen LogP contribution is -2.42. The third kappa shape index (κ3) is 6.37. The topological polar surface area (TPSA) is 108 Å². The average Bonchev–Trinajstić information content (AvgIpc) is 3.38. The van der Waals surface area contributed by atoms with Gasteiger partial charge >= 0.3 is 0 Å². The molecule has 10 nitrogen and oxygen atoms in total. The van der Waals surface area contributed by atoms with Gasteiger partial charge in [0.05, 0.1) is 43.7 Å². The van der Waals surface area contributed by atoms with Crippen molar-refractivity contribution in [2.45, 2.75) is 38.0 Å². The van der Waals surface area contributed by atoms with Gasteiger partial charge in [0, 0.05) is 35.5 Å². The van der Waals surface area contributed by atoms with Crippen LogP contribution in [0.25, 0.3) is 5.69 Å². The van der Waals surface area contributed by atoms with E-state index >= 15 is 0 Å². The number of fused-ring (bicyclic) bond motifs is 1. The Kier molecular flexibility index (Phi) is 9.14. The number of ether oxygens (including phenoxy) is 3. The normalized spacial score (nSPS) is 14.9. The van der Waals surface area contributed by atoms with Crippen LogP contribution in [0.2, 0.25) is 0 Å². The maximum absolute atomic E-state index is 14.0. The van der Waals surface area contributed by atoms with Gasteiger partial charge in [-0.2, -0.15) is 5.10 Å². The monoisotopic (exact) mass is 615 g/mol.